The molecule has 9 heteroatoms. The van der Waals surface area contributed by atoms with Crippen molar-refractivity contribution in [1.29, 1.82) is 0 Å². The fourth-order valence-corrected chi connectivity index (χ4v) is 5.17. The van der Waals surface area contributed by atoms with Gasteiger partial charge in [0.15, 0.2) is 5.58 Å². The topological polar surface area (TPSA) is 110 Å². The van der Waals surface area contributed by atoms with Crippen molar-refractivity contribution in [2.75, 3.05) is 0 Å². The molecule has 0 spiro atoms. The van der Waals surface area contributed by atoms with Crippen molar-refractivity contribution in [1.82, 2.24) is 14.6 Å². The van der Waals surface area contributed by atoms with Gasteiger partial charge in [0.25, 0.3) is 0 Å². The molecule has 1 aliphatic rings. The van der Waals surface area contributed by atoms with Crippen LogP contribution in [0, 0.1) is 11.8 Å². The van der Waals surface area contributed by atoms with Crippen LogP contribution in [0.25, 0.3) is 11.1 Å². The number of oxazole rings is 1. The quantitative estimate of drug-likeness (QED) is 0.739. The minimum absolute atomic E-state index is 0.0520. The summed E-state index contributed by atoms with van der Waals surface area (Å²) in [5.41, 5.74) is 0.681. The number of amides is 1. The molecule has 29 heavy (non-hydrogen) atoms. The summed E-state index contributed by atoms with van der Waals surface area (Å²) < 4.78 is 34.8. The third-order valence-corrected chi connectivity index (χ3v) is 7.18. The van der Waals surface area contributed by atoms with E-state index in [-0.39, 0.29) is 28.3 Å². The van der Waals surface area contributed by atoms with Gasteiger partial charge in [0.1, 0.15) is 6.04 Å². The third kappa shape index (κ3) is 4.56. The molecule has 1 amide bonds. The van der Waals surface area contributed by atoms with Crippen LogP contribution in [0.4, 0.5) is 0 Å². The number of hydrogen-bond acceptors (Lipinski definition) is 5. The van der Waals surface area contributed by atoms with E-state index < -0.39 is 21.8 Å². The summed E-state index contributed by atoms with van der Waals surface area (Å²) in [6, 6.07) is 3.39. The fraction of sp³-hybridized carbons (Fsp3) is 0.600. The van der Waals surface area contributed by atoms with Gasteiger partial charge in [0.2, 0.25) is 15.9 Å². The highest BCUT2D eigenvalue weighted by Gasteiger charge is 2.31. The van der Waals surface area contributed by atoms with Gasteiger partial charge in [0, 0.05) is 19.2 Å². The molecule has 160 valence electrons. The number of carbonyl (C=O) groups is 1. The number of nitrogens with zero attached hydrogens (tertiary/aromatic N) is 1. The Morgan fingerprint density at radius 3 is 2.59 bits per heavy atom. The summed E-state index contributed by atoms with van der Waals surface area (Å²) in [4.78, 5) is 24.5. The highest BCUT2D eigenvalue weighted by molar-refractivity contribution is 7.89. The number of carbonyl (C=O) groups excluding carboxylic acids is 1. The van der Waals surface area contributed by atoms with Crippen LogP contribution in [0.15, 0.2) is 32.3 Å². The molecule has 1 aliphatic carbocycles. The number of nitrogens with one attached hydrogen (secondary N) is 2. The normalized spacial score (nSPS) is 21.4. The molecule has 1 heterocycles. The lowest BCUT2D eigenvalue weighted by molar-refractivity contribution is -0.125. The first-order chi connectivity index (χ1) is 13.6. The average Bonchev–Trinajstić information content (AvgIpc) is 2.95. The van der Waals surface area contributed by atoms with E-state index in [4.69, 9.17) is 4.42 Å². The van der Waals surface area contributed by atoms with Crippen molar-refractivity contribution in [2.24, 2.45) is 18.9 Å². The van der Waals surface area contributed by atoms with Gasteiger partial charge in [0.05, 0.1) is 10.4 Å². The number of fused-ring (bicyclic) bond motifs is 1. The Bertz CT molecular complexity index is 1050. The summed E-state index contributed by atoms with van der Waals surface area (Å²) >= 11 is 0. The predicted octanol–water partition coefficient (Wildman–Crippen LogP) is 2.13. The van der Waals surface area contributed by atoms with E-state index in [1.807, 2.05) is 0 Å². The first kappa shape index (κ1) is 21.6. The van der Waals surface area contributed by atoms with Crippen molar-refractivity contribution >= 4 is 27.0 Å². The Hall–Kier alpha value is -2.13. The number of hydrogen-bond donors (Lipinski definition) is 2. The molecule has 1 aromatic carbocycles. The van der Waals surface area contributed by atoms with Crippen molar-refractivity contribution in [3.63, 3.8) is 0 Å². The average molecular weight is 424 g/mol. The zero-order chi connectivity index (χ0) is 21.3. The van der Waals surface area contributed by atoms with Crippen molar-refractivity contribution in [3.8, 4) is 0 Å². The maximum atomic E-state index is 12.9. The second-order valence-corrected chi connectivity index (χ2v) is 9.99. The lowest BCUT2D eigenvalue weighted by Crippen LogP contribution is -2.53. The number of benzene rings is 1. The molecule has 2 aromatic rings. The number of aromatic nitrogens is 1. The molecule has 3 atom stereocenters. The summed E-state index contributed by atoms with van der Waals surface area (Å²) in [5.74, 6) is -0.735. The molecule has 0 aliphatic heterocycles. The van der Waals surface area contributed by atoms with Gasteiger partial charge in [-0.1, -0.05) is 33.6 Å². The van der Waals surface area contributed by atoms with Crippen LogP contribution in [-0.4, -0.2) is 31.0 Å². The van der Waals surface area contributed by atoms with Crippen LogP contribution in [0.2, 0.25) is 0 Å². The molecule has 0 saturated heterocycles. The zero-order valence-corrected chi connectivity index (χ0v) is 18.1. The Morgan fingerprint density at radius 2 is 1.93 bits per heavy atom. The zero-order valence-electron chi connectivity index (χ0n) is 17.3. The molecule has 1 fully saturated rings. The van der Waals surface area contributed by atoms with Gasteiger partial charge in [-0.2, -0.15) is 4.72 Å². The minimum atomic E-state index is -3.98. The molecule has 8 nitrogen and oxygen atoms in total. The summed E-state index contributed by atoms with van der Waals surface area (Å²) in [6.07, 6.45) is 4.20. The fourth-order valence-electron chi connectivity index (χ4n) is 3.81. The lowest BCUT2D eigenvalue weighted by Gasteiger charge is -2.31. The first-order valence-corrected chi connectivity index (χ1v) is 11.5. The van der Waals surface area contributed by atoms with Gasteiger partial charge in [-0.15, -0.1) is 0 Å². The van der Waals surface area contributed by atoms with Crippen LogP contribution < -0.4 is 15.8 Å². The number of rotatable bonds is 6. The maximum absolute atomic E-state index is 12.9. The summed E-state index contributed by atoms with van der Waals surface area (Å²) in [6.45, 7) is 5.72. The Kier molecular flexibility index (Phi) is 6.19. The van der Waals surface area contributed by atoms with Crippen molar-refractivity contribution in [2.45, 2.75) is 63.4 Å². The molecule has 1 saturated carbocycles. The molecular formula is C20H29N3O5S. The number of aryl methyl sites for hydroxylation is 1. The van der Waals surface area contributed by atoms with E-state index in [9.17, 15) is 18.0 Å². The highest BCUT2D eigenvalue weighted by atomic mass is 32.2. The molecule has 3 rings (SSSR count). The van der Waals surface area contributed by atoms with Gasteiger partial charge in [-0.25, -0.2) is 13.2 Å². The van der Waals surface area contributed by atoms with Crippen LogP contribution in [0.5, 0.6) is 0 Å². The van der Waals surface area contributed by atoms with E-state index in [0.717, 1.165) is 25.7 Å². The summed E-state index contributed by atoms with van der Waals surface area (Å²) in [7, 11) is -2.43. The maximum Gasteiger partial charge on any atom is 0.419 e. The predicted molar refractivity (Wildman–Crippen MR) is 110 cm³/mol. The largest absolute Gasteiger partial charge is 0.419 e. The number of sulfonamides is 1. The smallest absolute Gasteiger partial charge is 0.408 e. The van der Waals surface area contributed by atoms with E-state index in [0.29, 0.717) is 11.4 Å². The SMILES string of the molecule is CC(C)C(NS(=O)(=O)c1ccc2c(c1)oc(=O)n2C)C(=O)NC1CCCCC1C. The van der Waals surface area contributed by atoms with Crippen LogP contribution >= 0.6 is 0 Å². The standard InChI is InChI=1S/C20H29N3O5S/c1-12(2)18(19(24)21-15-8-6-5-7-13(15)3)22-29(26,27)14-9-10-16-17(11-14)28-20(25)23(16)4/h9-13,15,18,22H,5-8H2,1-4H3,(H,21,24). The molecule has 3 unspecified atom stereocenters. The Balaban J connectivity index is 1.81. The Morgan fingerprint density at radius 1 is 1.24 bits per heavy atom. The van der Waals surface area contributed by atoms with Crippen molar-refractivity contribution < 1.29 is 17.6 Å². The third-order valence-electron chi connectivity index (χ3n) is 5.74. The second kappa shape index (κ2) is 8.31. The van der Waals surface area contributed by atoms with E-state index in [2.05, 4.69) is 17.0 Å². The summed E-state index contributed by atoms with van der Waals surface area (Å²) in [5, 5.41) is 3.04. The lowest BCUT2D eigenvalue weighted by atomic mass is 9.85. The van der Waals surface area contributed by atoms with Crippen molar-refractivity contribution in [3.05, 3.63) is 28.7 Å². The first-order valence-electron chi connectivity index (χ1n) is 10.0. The van der Waals surface area contributed by atoms with Crippen LogP contribution in [-0.2, 0) is 21.9 Å². The van der Waals surface area contributed by atoms with E-state index in [1.54, 1.807) is 20.9 Å². The second-order valence-electron chi connectivity index (χ2n) is 8.28. The molecule has 2 N–H and O–H groups in total. The monoisotopic (exact) mass is 423 g/mol. The molecule has 0 bridgehead atoms. The molecule has 0 radical (unpaired) electrons. The minimum Gasteiger partial charge on any atom is -0.408 e. The van der Waals surface area contributed by atoms with Gasteiger partial charge >= 0.3 is 5.76 Å². The van der Waals surface area contributed by atoms with E-state index >= 15 is 0 Å². The highest BCUT2D eigenvalue weighted by Crippen LogP contribution is 2.24. The van der Waals surface area contributed by atoms with Gasteiger partial charge < -0.3 is 9.73 Å². The van der Waals surface area contributed by atoms with Gasteiger partial charge in [-0.05, 0) is 36.8 Å². The van der Waals surface area contributed by atoms with Gasteiger partial charge in [-0.3, -0.25) is 9.36 Å². The molecule has 1 aromatic heterocycles. The van der Waals surface area contributed by atoms with Crippen LogP contribution in [0.1, 0.15) is 46.5 Å². The Labute approximate surface area is 170 Å². The van der Waals surface area contributed by atoms with E-state index in [1.165, 1.54) is 22.8 Å². The van der Waals surface area contributed by atoms with Crippen LogP contribution in [0.3, 0.4) is 0 Å². The molecular weight excluding hydrogens is 394 g/mol.